The zero-order chi connectivity index (χ0) is 25.5. The van der Waals surface area contributed by atoms with Gasteiger partial charge in [0, 0.05) is 0 Å². The number of aromatic carboxylic acids is 2. The summed E-state index contributed by atoms with van der Waals surface area (Å²) in [5.74, 6) is -26.7. The van der Waals surface area contributed by atoms with Gasteiger partial charge >= 0.3 is 11.9 Å². The van der Waals surface area contributed by atoms with E-state index in [0.717, 1.165) is 24.3 Å². The largest absolute Gasteiger partial charge is 0.477 e. The fourth-order valence-corrected chi connectivity index (χ4v) is 2.59. The van der Waals surface area contributed by atoms with Crippen molar-refractivity contribution in [2.24, 2.45) is 0 Å². The van der Waals surface area contributed by atoms with Crippen molar-refractivity contribution in [2.45, 2.75) is 0 Å². The highest BCUT2D eigenvalue weighted by Gasteiger charge is 2.32. The molecule has 0 bridgehead atoms. The molecule has 0 aliphatic rings. The van der Waals surface area contributed by atoms with Crippen molar-refractivity contribution in [2.75, 3.05) is 0 Å². The molecule has 3 aromatic rings. The molecule has 0 fully saturated rings. The Morgan fingerprint density at radius 2 is 0.735 bits per heavy atom. The highest BCUT2D eigenvalue weighted by atomic mass is 19.2. The van der Waals surface area contributed by atoms with Crippen molar-refractivity contribution in [3.8, 4) is 23.0 Å². The van der Waals surface area contributed by atoms with E-state index in [0.29, 0.717) is 0 Å². The van der Waals surface area contributed by atoms with E-state index in [2.05, 4.69) is 9.47 Å². The van der Waals surface area contributed by atoms with Crippen LogP contribution >= 0.6 is 0 Å². The fourth-order valence-electron chi connectivity index (χ4n) is 2.59. The molecule has 0 aliphatic carbocycles. The van der Waals surface area contributed by atoms with Gasteiger partial charge in [-0.05, 0) is 24.3 Å². The van der Waals surface area contributed by atoms with Crippen molar-refractivity contribution < 1.29 is 64.4 Å². The number of halogens is 8. The lowest BCUT2D eigenvalue weighted by atomic mass is 10.1. The molecule has 178 valence electrons. The molecule has 3 rings (SSSR count). The van der Waals surface area contributed by atoms with Crippen LogP contribution in [0.5, 0.6) is 23.0 Å². The molecule has 34 heavy (non-hydrogen) atoms. The average Bonchev–Trinajstić information content (AvgIpc) is 2.77. The summed E-state index contributed by atoms with van der Waals surface area (Å²) in [4.78, 5) is 21.5. The van der Waals surface area contributed by atoms with Crippen molar-refractivity contribution >= 4 is 11.9 Å². The molecule has 6 nitrogen and oxygen atoms in total. The first kappa shape index (κ1) is 24.3. The minimum atomic E-state index is -2.29. The SMILES string of the molecule is O=C(O)c1c(F)c(F)c(Oc2ccc(Oc3c(F)c(F)c(C(=O)O)c(F)c3F)cc2)c(F)c1F. The molecule has 3 aromatic carbocycles. The van der Waals surface area contributed by atoms with Gasteiger partial charge in [-0.15, -0.1) is 0 Å². The van der Waals surface area contributed by atoms with Crippen LogP contribution in [0.2, 0.25) is 0 Å². The lowest BCUT2D eigenvalue weighted by molar-refractivity contribution is 0.0671. The molecule has 0 aromatic heterocycles. The number of rotatable bonds is 6. The van der Waals surface area contributed by atoms with E-state index in [-0.39, 0.29) is 0 Å². The first-order valence-electron chi connectivity index (χ1n) is 8.51. The Labute approximate surface area is 182 Å². The molecule has 0 saturated carbocycles. The summed E-state index contributed by atoms with van der Waals surface area (Å²) in [7, 11) is 0. The van der Waals surface area contributed by atoms with Crippen molar-refractivity contribution in [1.82, 2.24) is 0 Å². The summed E-state index contributed by atoms with van der Waals surface area (Å²) in [5, 5.41) is 17.3. The Bertz CT molecular complexity index is 1180. The molecule has 2 N–H and O–H groups in total. The van der Waals surface area contributed by atoms with E-state index in [9.17, 15) is 44.7 Å². The van der Waals surface area contributed by atoms with Gasteiger partial charge in [0.25, 0.3) is 0 Å². The highest BCUT2D eigenvalue weighted by Crippen LogP contribution is 2.36. The Morgan fingerprint density at radius 1 is 0.500 bits per heavy atom. The molecule has 14 heteroatoms. The summed E-state index contributed by atoms with van der Waals surface area (Å²) in [5.41, 5.74) is -3.80. The second kappa shape index (κ2) is 8.88. The molecule has 0 spiro atoms. The van der Waals surface area contributed by atoms with E-state index in [1.807, 2.05) is 0 Å². The van der Waals surface area contributed by atoms with Crippen LogP contribution < -0.4 is 9.47 Å². The summed E-state index contributed by atoms with van der Waals surface area (Å²) in [6.07, 6.45) is 0. The van der Waals surface area contributed by atoms with Crippen molar-refractivity contribution in [1.29, 1.82) is 0 Å². The topological polar surface area (TPSA) is 93.1 Å². The third-order valence-corrected chi connectivity index (χ3v) is 4.14. The third-order valence-electron chi connectivity index (χ3n) is 4.14. The maximum atomic E-state index is 14.0. The molecule has 0 saturated heterocycles. The molecule has 0 atom stereocenters. The molecule has 0 aliphatic heterocycles. The molecule has 0 amide bonds. The number of hydrogen-bond donors (Lipinski definition) is 2. The van der Waals surface area contributed by atoms with E-state index < -0.39 is 92.6 Å². The van der Waals surface area contributed by atoms with Gasteiger partial charge < -0.3 is 19.7 Å². The highest BCUT2D eigenvalue weighted by molar-refractivity contribution is 5.89. The van der Waals surface area contributed by atoms with Crippen LogP contribution in [0.25, 0.3) is 0 Å². The zero-order valence-corrected chi connectivity index (χ0v) is 15.9. The van der Waals surface area contributed by atoms with Gasteiger partial charge in [-0.3, -0.25) is 0 Å². The number of ether oxygens (including phenoxy) is 2. The predicted molar refractivity (Wildman–Crippen MR) is 93.1 cm³/mol. The summed E-state index contributed by atoms with van der Waals surface area (Å²) in [6, 6.07) is 3.12. The molecular formula is C20H6F8O6. The Balaban J connectivity index is 1.93. The molecule has 0 heterocycles. The van der Waals surface area contributed by atoms with Crippen LogP contribution in [0.4, 0.5) is 35.1 Å². The number of carbonyl (C=O) groups is 2. The third kappa shape index (κ3) is 4.04. The van der Waals surface area contributed by atoms with Crippen LogP contribution in [-0.2, 0) is 0 Å². The van der Waals surface area contributed by atoms with Gasteiger partial charge in [0.1, 0.15) is 22.6 Å². The monoisotopic (exact) mass is 494 g/mol. The number of benzene rings is 3. The van der Waals surface area contributed by atoms with Gasteiger partial charge in [0.2, 0.25) is 34.8 Å². The maximum Gasteiger partial charge on any atom is 0.341 e. The van der Waals surface area contributed by atoms with Crippen LogP contribution in [0, 0.1) is 46.5 Å². The van der Waals surface area contributed by atoms with Crippen LogP contribution in [0.15, 0.2) is 24.3 Å². The molecule has 0 unspecified atom stereocenters. The van der Waals surface area contributed by atoms with E-state index in [1.54, 1.807) is 0 Å². The Kier molecular flexibility index (Phi) is 6.34. The van der Waals surface area contributed by atoms with Gasteiger partial charge in [-0.1, -0.05) is 0 Å². The second-order valence-electron chi connectivity index (χ2n) is 6.21. The van der Waals surface area contributed by atoms with Crippen molar-refractivity contribution in [3.05, 3.63) is 81.9 Å². The Morgan fingerprint density at radius 3 is 0.941 bits per heavy atom. The maximum absolute atomic E-state index is 14.0. The van der Waals surface area contributed by atoms with E-state index >= 15 is 0 Å². The smallest absolute Gasteiger partial charge is 0.341 e. The van der Waals surface area contributed by atoms with Gasteiger partial charge in [-0.2, -0.15) is 17.6 Å². The minimum Gasteiger partial charge on any atom is -0.477 e. The lowest BCUT2D eigenvalue weighted by Gasteiger charge is -2.13. The van der Waals surface area contributed by atoms with E-state index in [4.69, 9.17) is 10.2 Å². The van der Waals surface area contributed by atoms with Crippen LogP contribution in [0.1, 0.15) is 20.7 Å². The van der Waals surface area contributed by atoms with Crippen LogP contribution in [-0.4, -0.2) is 22.2 Å². The fraction of sp³-hybridized carbons (Fsp3) is 0. The summed E-state index contributed by atoms with van der Waals surface area (Å²) < 4.78 is 120. The first-order valence-corrected chi connectivity index (χ1v) is 8.51. The predicted octanol–water partition coefficient (Wildman–Crippen LogP) is 5.78. The summed E-state index contributed by atoms with van der Waals surface area (Å²) in [6.45, 7) is 0. The normalized spacial score (nSPS) is 10.8. The lowest BCUT2D eigenvalue weighted by Crippen LogP contribution is -2.11. The standard InChI is InChI=1S/C20H6F8O6/c21-9-7(19(29)30)10(22)14(26)17(13(9)25)33-5-1-2-6(4-3-5)34-18-15(27)11(23)8(20(31)32)12(24)16(18)28/h1-4H,(H,29,30)(H,31,32). The second-order valence-corrected chi connectivity index (χ2v) is 6.21. The molecular weight excluding hydrogens is 488 g/mol. The number of carboxylic acids is 2. The number of carboxylic acid groups (broad SMARTS) is 2. The first-order chi connectivity index (χ1) is 15.9. The number of hydrogen-bond acceptors (Lipinski definition) is 4. The van der Waals surface area contributed by atoms with Crippen LogP contribution in [0.3, 0.4) is 0 Å². The summed E-state index contributed by atoms with van der Waals surface area (Å²) >= 11 is 0. The van der Waals surface area contributed by atoms with E-state index in [1.165, 1.54) is 0 Å². The minimum absolute atomic E-state index is 0.549. The van der Waals surface area contributed by atoms with Gasteiger partial charge in [0.15, 0.2) is 23.3 Å². The molecule has 0 radical (unpaired) electrons. The van der Waals surface area contributed by atoms with Gasteiger partial charge in [-0.25, -0.2) is 27.2 Å². The Hall–Kier alpha value is -4.36. The quantitative estimate of drug-likeness (QED) is 0.334. The zero-order valence-electron chi connectivity index (χ0n) is 15.9. The average molecular weight is 494 g/mol. The van der Waals surface area contributed by atoms with Crippen molar-refractivity contribution in [3.63, 3.8) is 0 Å². The van der Waals surface area contributed by atoms with Gasteiger partial charge in [0.05, 0.1) is 0 Å².